The number of fused-ring (bicyclic) bond motifs is 1. The summed E-state index contributed by atoms with van der Waals surface area (Å²) in [7, 11) is 0. The van der Waals surface area contributed by atoms with E-state index in [1.807, 2.05) is 6.07 Å². The lowest BCUT2D eigenvalue weighted by Gasteiger charge is -2.33. The molecule has 1 fully saturated rings. The zero-order valence-corrected chi connectivity index (χ0v) is 13.9. The van der Waals surface area contributed by atoms with Gasteiger partial charge in [0, 0.05) is 22.7 Å². The molecule has 5 nitrogen and oxygen atoms in total. The Kier molecular flexibility index (Phi) is 4.15. The fraction of sp³-hybridized carbons (Fsp3) is 0.250. The molecule has 0 bridgehead atoms. The number of para-hydroxylation sites is 1. The maximum Gasteiger partial charge on any atom is 0.336 e. The van der Waals surface area contributed by atoms with Gasteiger partial charge in [-0.25, -0.2) is 4.79 Å². The molecule has 2 aromatic carbocycles. The van der Waals surface area contributed by atoms with Crippen LogP contribution in [0.3, 0.4) is 0 Å². The molecular weight excluding hydrogens is 316 g/mol. The Morgan fingerprint density at radius 3 is 2.56 bits per heavy atom. The van der Waals surface area contributed by atoms with E-state index in [1.54, 1.807) is 12.1 Å². The van der Waals surface area contributed by atoms with Crippen molar-refractivity contribution in [2.45, 2.75) is 6.54 Å². The molecule has 1 aliphatic rings. The molecule has 0 spiro atoms. The molecule has 1 aliphatic heterocycles. The second-order valence-corrected chi connectivity index (χ2v) is 6.50. The van der Waals surface area contributed by atoms with E-state index < -0.39 is 0 Å². The SMILES string of the molecule is O=c1cc(C[NH+]2CCN(c3ccccc3)CC2)c2cc([O-])ccc2o1. The summed E-state index contributed by atoms with van der Waals surface area (Å²) in [5.74, 6) is -0.0634. The molecule has 128 valence electrons. The van der Waals surface area contributed by atoms with Crippen molar-refractivity contribution in [1.29, 1.82) is 0 Å². The van der Waals surface area contributed by atoms with Gasteiger partial charge in [-0.3, -0.25) is 0 Å². The van der Waals surface area contributed by atoms with E-state index in [0.29, 0.717) is 5.58 Å². The Balaban J connectivity index is 1.51. The summed E-state index contributed by atoms with van der Waals surface area (Å²) in [6, 6.07) is 16.5. The van der Waals surface area contributed by atoms with E-state index in [1.165, 1.54) is 22.7 Å². The number of benzene rings is 2. The van der Waals surface area contributed by atoms with Gasteiger partial charge in [0.05, 0.1) is 26.2 Å². The predicted molar refractivity (Wildman–Crippen MR) is 95.0 cm³/mol. The van der Waals surface area contributed by atoms with Crippen molar-refractivity contribution >= 4 is 16.7 Å². The van der Waals surface area contributed by atoms with Gasteiger partial charge in [0.1, 0.15) is 12.1 Å². The van der Waals surface area contributed by atoms with Gasteiger partial charge in [-0.15, -0.1) is 5.75 Å². The van der Waals surface area contributed by atoms with Crippen LogP contribution in [0.1, 0.15) is 5.56 Å². The fourth-order valence-corrected chi connectivity index (χ4v) is 3.52. The van der Waals surface area contributed by atoms with Crippen molar-refractivity contribution in [3.63, 3.8) is 0 Å². The Morgan fingerprint density at radius 1 is 1.04 bits per heavy atom. The molecular formula is C20H20N2O3. The summed E-state index contributed by atoms with van der Waals surface area (Å²) in [6.07, 6.45) is 0. The van der Waals surface area contributed by atoms with Crippen LogP contribution in [-0.4, -0.2) is 26.2 Å². The van der Waals surface area contributed by atoms with Crippen LogP contribution >= 0.6 is 0 Å². The van der Waals surface area contributed by atoms with Crippen LogP contribution in [-0.2, 0) is 6.54 Å². The van der Waals surface area contributed by atoms with Crippen LogP contribution in [0, 0.1) is 0 Å². The van der Waals surface area contributed by atoms with E-state index in [2.05, 4.69) is 29.2 Å². The second kappa shape index (κ2) is 6.61. The first kappa shape index (κ1) is 15.7. The first-order valence-corrected chi connectivity index (χ1v) is 8.56. The van der Waals surface area contributed by atoms with E-state index in [-0.39, 0.29) is 11.4 Å². The van der Waals surface area contributed by atoms with Crippen LogP contribution in [0.2, 0.25) is 0 Å². The standard InChI is InChI=1S/C20H20N2O3/c23-17-6-7-19-18(13-17)15(12-20(24)25-19)14-21-8-10-22(11-9-21)16-4-2-1-3-5-16/h1-7,12-13,23H,8-11,14H2. The van der Waals surface area contributed by atoms with Gasteiger partial charge < -0.3 is 19.3 Å². The van der Waals surface area contributed by atoms with Gasteiger partial charge in [-0.1, -0.05) is 30.3 Å². The van der Waals surface area contributed by atoms with Gasteiger partial charge in [-0.2, -0.15) is 0 Å². The van der Waals surface area contributed by atoms with Gasteiger partial charge in [0.2, 0.25) is 0 Å². The Hall–Kier alpha value is -2.79. The minimum absolute atomic E-state index is 0.0634. The third-order valence-electron chi connectivity index (χ3n) is 4.83. The van der Waals surface area contributed by atoms with Crippen LogP contribution in [0.4, 0.5) is 5.69 Å². The molecule has 0 unspecified atom stereocenters. The van der Waals surface area contributed by atoms with Crippen LogP contribution in [0.15, 0.2) is 63.8 Å². The number of hydrogen-bond acceptors (Lipinski definition) is 4. The van der Waals surface area contributed by atoms with Crippen LogP contribution in [0.25, 0.3) is 11.0 Å². The number of quaternary nitrogens is 1. The van der Waals surface area contributed by atoms with Crippen molar-refractivity contribution in [2.24, 2.45) is 0 Å². The van der Waals surface area contributed by atoms with Crippen molar-refractivity contribution in [3.05, 3.63) is 70.6 Å². The number of piperazine rings is 1. The molecule has 0 amide bonds. The number of nitrogens with one attached hydrogen (secondary N) is 1. The molecule has 25 heavy (non-hydrogen) atoms. The lowest BCUT2D eigenvalue weighted by Crippen LogP contribution is -3.13. The lowest BCUT2D eigenvalue weighted by molar-refractivity contribution is -0.914. The normalized spacial score (nSPS) is 15.6. The van der Waals surface area contributed by atoms with E-state index >= 15 is 0 Å². The average Bonchev–Trinajstić information content (AvgIpc) is 2.64. The summed E-state index contributed by atoms with van der Waals surface area (Å²) in [5.41, 5.74) is 2.28. The molecule has 3 aromatic rings. The summed E-state index contributed by atoms with van der Waals surface area (Å²) < 4.78 is 5.21. The summed E-state index contributed by atoms with van der Waals surface area (Å²) in [4.78, 5) is 15.6. The van der Waals surface area contributed by atoms with Crippen molar-refractivity contribution in [2.75, 3.05) is 31.1 Å². The van der Waals surface area contributed by atoms with E-state index in [0.717, 1.165) is 43.7 Å². The average molecular weight is 336 g/mol. The summed E-state index contributed by atoms with van der Waals surface area (Å²) in [5, 5.41) is 12.4. The highest BCUT2D eigenvalue weighted by atomic mass is 16.4. The monoisotopic (exact) mass is 336 g/mol. The zero-order chi connectivity index (χ0) is 17.2. The minimum atomic E-state index is -0.358. The van der Waals surface area contributed by atoms with Crippen LogP contribution < -0.4 is 20.5 Å². The molecule has 0 saturated carbocycles. The number of anilines is 1. The van der Waals surface area contributed by atoms with Gasteiger partial charge in [-0.05, 0) is 18.2 Å². The molecule has 1 N–H and O–H groups in total. The summed E-state index contributed by atoms with van der Waals surface area (Å²) >= 11 is 0. The third-order valence-corrected chi connectivity index (χ3v) is 4.83. The molecule has 5 heteroatoms. The van der Waals surface area contributed by atoms with E-state index in [9.17, 15) is 9.90 Å². The Bertz CT molecular complexity index is 929. The fourth-order valence-electron chi connectivity index (χ4n) is 3.52. The zero-order valence-electron chi connectivity index (χ0n) is 13.9. The van der Waals surface area contributed by atoms with Crippen LogP contribution in [0.5, 0.6) is 5.75 Å². The molecule has 0 radical (unpaired) electrons. The highest BCUT2D eigenvalue weighted by Crippen LogP contribution is 2.20. The smallest absolute Gasteiger partial charge is 0.336 e. The Labute approximate surface area is 145 Å². The predicted octanol–water partition coefficient (Wildman–Crippen LogP) is 0.772. The van der Waals surface area contributed by atoms with Gasteiger partial charge >= 0.3 is 5.63 Å². The quantitative estimate of drug-likeness (QED) is 0.718. The van der Waals surface area contributed by atoms with Crippen molar-refractivity contribution < 1.29 is 14.4 Å². The van der Waals surface area contributed by atoms with Gasteiger partial charge in [0.25, 0.3) is 0 Å². The molecule has 1 aromatic heterocycles. The second-order valence-electron chi connectivity index (χ2n) is 6.50. The lowest BCUT2D eigenvalue weighted by atomic mass is 10.1. The molecule has 4 rings (SSSR count). The molecule has 2 heterocycles. The Morgan fingerprint density at radius 2 is 1.80 bits per heavy atom. The number of hydrogen-bond donors (Lipinski definition) is 1. The van der Waals surface area contributed by atoms with Crippen molar-refractivity contribution in [3.8, 4) is 5.75 Å². The molecule has 1 saturated heterocycles. The third kappa shape index (κ3) is 3.37. The number of rotatable bonds is 3. The molecule has 0 atom stereocenters. The highest BCUT2D eigenvalue weighted by molar-refractivity contribution is 5.81. The van der Waals surface area contributed by atoms with Crippen molar-refractivity contribution in [1.82, 2.24) is 0 Å². The maximum absolute atomic E-state index is 11.8. The van der Waals surface area contributed by atoms with E-state index in [4.69, 9.17) is 4.42 Å². The number of nitrogens with zero attached hydrogens (tertiary/aromatic N) is 1. The summed E-state index contributed by atoms with van der Waals surface area (Å²) in [6.45, 7) is 4.67. The first-order valence-electron chi connectivity index (χ1n) is 8.56. The van der Waals surface area contributed by atoms with Gasteiger partial charge in [0.15, 0.2) is 0 Å². The largest absolute Gasteiger partial charge is 0.872 e. The maximum atomic E-state index is 11.8. The minimum Gasteiger partial charge on any atom is -0.872 e. The molecule has 0 aliphatic carbocycles. The topological polar surface area (TPSA) is 61.0 Å². The first-order chi connectivity index (χ1) is 12.2. The highest BCUT2D eigenvalue weighted by Gasteiger charge is 2.21.